The normalized spacial score (nSPS) is 15.7. The van der Waals surface area contributed by atoms with E-state index in [1.807, 2.05) is 0 Å². The lowest BCUT2D eigenvalue weighted by Crippen LogP contribution is -2.38. The van der Waals surface area contributed by atoms with E-state index in [4.69, 9.17) is 11.6 Å². The Kier molecular flexibility index (Phi) is 6.37. The fourth-order valence-electron chi connectivity index (χ4n) is 4.63. The molecule has 36 heavy (non-hydrogen) atoms. The van der Waals surface area contributed by atoms with Gasteiger partial charge in [0, 0.05) is 37.9 Å². The number of alkyl halides is 3. The summed E-state index contributed by atoms with van der Waals surface area (Å²) in [5.41, 5.74) is 0.296. The second-order valence-corrected chi connectivity index (χ2v) is 9.51. The summed E-state index contributed by atoms with van der Waals surface area (Å²) < 4.78 is 41.0. The third-order valence-electron chi connectivity index (χ3n) is 6.54. The Morgan fingerprint density at radius 1 is 1.17 bits per heavy atom. The van der Waals surface area contributed by atoms with E-state index in [2.05, 4.69) is 37.1 Å². The molecule has 0 bridgehead atoms. The summed E-state index contributed by atoms with van der Waals surface area (Å²) >= 11 is 6.47. The zero-order valence-corrected chi connectivity index (χ0v) is 20.5. The summed E-state index contributed by atoms with van der Waals surface area (Å²) in [5, 5.41) is 4.29. The Balaban J connectivity index is 1.42. The lowest BCUT2D eigenvalue weighted by atomic mass is 10.0. The first kappa shape index (κ1) is 24.5. The Bertz CT molecular complexity index is 1490. The summed E-state index contributed by atoms with van der Waals surface area (Å²) in [6.45, 7) is 6.56. The van der Waals surface area contributed by atoms with Crippen LogP contribution in [0.4, 0.5) is 18.9 Å². The van der Waals surface area contributed by atoms with Crippen molar-refractivity contribution in [1.82, 2.24) is 29.2 Å². The molecule has 3 aromatic heterocycles. The lowest BCUT2D eigenvalue weighted by Gasteiger charge is -2.32. The molecule has 0 saturated carbocycles. The molecule has 0 atom stereocenters. The minimum absolute atomic E-state index is 0.00605. The molecule has 1 aliphatic heterocycles. The van der Waals surface area contributed by atoms with Crippen molar-refractivity contribution in [2.24, 2.45) is 0 Å². The van der Waals surface area contributed by atoms with Crippen LogP contribution >= 0.6 is 11.6 Å². The van der Waals surface area contributed by atoms with Crippen LogP contribution in [-0.2, 0) is 12.6 Å². The van der Waals surface area contributed by atoms with Crippen LogP contribution in [-0.4, -0.2) is 54.9 Å². The summed E-state index contributed by atoms with van der Waals surface area (Å²) in [4.78, 5) is 30.3. The van der Waals surface area contributed by atoms with Gasteiger partial charge in [0.2, 0.25) is 5.78 Å². The minimum atomic E-state index is -4.57. The smallest absolute Gasteiger partial charge is 0.381 e. The highest BCUT2D eigenvalue weighted by Crippen LogP contribution is 2.31. The number of nitrogens with zero attached hydrogens (tertiary/aromatic N) is 5. The Labute approximate surface area is 209 Å². The second kappa shape index (κ2) is 9.36. The van der Waals surface area contributed by atoms with E-state index in [1.54, 1.807) is 18.3 Å². The quantitative estimate of drug-likeness (QED) is 0.405. The Hall–Kier alpha value is -3.18. The number of nitrogens with one attached hydrogen (secondary N) is 2. The minimum Gasteiger partial charge on any atom is -0.381 e. The fraction of sp³-hybridized carbons (Fsp3) is 0.417. The molecule has 0 spiro atoms. The zero-order valence-electron chi connectivity index (χ0n) is 19.8. The molecule has 0 radical (unpaired) electrons. The number of H-pyrrole nitrogens is 1. The number of hydrogen-bond donors (Lipinski definition) is 2. The van der Waals surface area contributed by atoms with Crippen molar-refractivity contribution in [2.75, 3.05) is 25.0 Å². The number of fused-ring (bicyclic) bond motifs is 2. The molecule has 4 heterocycles. The predicted molar refractivity (Wildman–Crippen MR) is 132 cm³/mol. The molecule has 12 heteroatoms. The molecule has 1 saturated heterocycles. The van der Waals surface area contributed by atoms with Crippen molar-refractivity contribution in [1.29, 1.82) is 0 Å². The topological polar surface area (TPSA) is 91.2 Å². The highest BCUT2D eigenvalue weighted by molar-refractivity contribution is 6.34. The zero-order chi connectivity index (χ0) is 25.6. The number of benzene rings is 1. The molecule has 0 aliphatic carbocycles. The molecule has 190 valence electrons. The average Bonchev–Trinajstić information content (AvgIpc) is 3.20. The molecule has 0 amide bonds. The number of hydrogen-bond acceptors (Lipinski definition) is 6. The van der Waals surface area contributed by atoms with Gasteiger partial charge in [-0.25, -0.2) is 15.0 Å². The lowest BCUT2D eigenvalue weighted by molar-refractivity contribution is -0.141. The molecule has 1 aliphatic rings. The number of imidazole rings is 1. The number of halogens is 4. The number of anilines is 1. The van der Waals surface area contributed by atoms with Gasteiger partial charge in [-0.1, -0.05) is 18.5 Å². The third kappa shape index (κ3) is 4.90. The predicted octanol–water partition coefficient (Wildman–Crippen LogP) is 4.43. The Morgan fingerprint density at radius 3 is 2.61 bits per heavy atom. The van der Waals surface area contributed by atoms with Crippen LogP contribution in [0.1, 0.15) is 42.5 Å². The van der Waals surface area contributed by atoms with Gasteiger partial charge in [0.05, 0.1) is 27.3 Å². The number of likely N-dealkylation sites (tertiary alicyclic amines) is 1. The van der Waals surface area contributed by atoms with Crippen LogP contribution in [0.25, 0.3) is 16.7 Å². The van der Waals surface area contributed by atoms with E-state index in [1.165, 1.54) is 17.5 Å². The van der Waals surface area contributed by atoms with Crippen LogP contribution in [0.5, 0.6) is 0 Å². The van der Waals surface area contributed by atoms with Crippen LogP contribution < -0.4 is 10.9 Å². The van der Waals surface area contributed by atoms with Gasteiger partial charge in [0.1, 0.15) is 5.82 Å². The van der Waals surface area contributed by atoms with E-state index >= 15 is 0 Å². The van der Waals surface area contributed by atoms with Crippen molar-refractivity contribution >= 4 is 34.0 Å². The second-order valence-electron chi connectivity index (χ2n) is 9.10. The van der Waals surface area contributed by atoms with Crippen molar-refractivity contribution in [2.45, 2.75) is 45.3 Å². The molecule has 8 nitrogen and oxygen atoms in total. The summed E-state index contributed by atoms with van der Waals surface area (Å²) in [6, 6.07) is 3.65. The standard InChI is InChI=1S/C24H25ClF3N7O/c1-3-34-6-4-14(5-7-34)29-19-10-18-16(9-17(19)25)22(36)32-20(31-18)8-15-12-35-11-13(2)21(24(26,27)28)33-23(35)30-15/h9-12,14,29H,3-8H2,1-2H3,(H,31,32,36). The summed E-state index contributed by atoms with van der Waals surface area (Å²) in [6.07, 6.45) is 0.459. The van der Waals surface area contributed by atoms with Crippen LogP contribution in [0.15, 0.2) is 29.3 Å². The maximum Gasteiger partial charge on any atom is 0.433 e. The highest BCUT2D eigenvalue weighted by atomic mass is 35.5. The van der Waals surface area contributed by atoms with Gasteiger partial charge in [0.15, 0.2) is 5.69 Å². The van der Waals surface area contributed by atoms with Gasteiger partial charge >= 0.3 is 6.18 Å². The van der Waals surface area contributed by atoms with Gasteiger partial charge in [-0.3, -0.25) is 9.20 Å². The van der Waals surface area contributed by atoms with Crippen LogP contribution in [0, 0.1) is 6.92 Å². The van der Waals surface area contributed by atoms with Gasteiger partial charge < -0.3 is 15.2 Å². The number of aromatic nitrogens is 5. The molecule has 0 unspecified atom stereocenters. The van der Waals surface area contributed by atoms with E-state index in [9.17, 15) is 18.0 Å². The van der Waals surface area contributed by atoms with Crippen LogP contribution in [0.3, 0.4) is 0 Å². The highest BCUT2D eigenvalue weighted by Gasteiger charge is 2.35. The first-order valence-corrected chi connectivity index (χ1v) is 12.1. The first-order chi connectivity index (χ1) is 17.1. The maximum atomic E-state index is 13.2. The number of aryl methyl sites for hydroxylation is 1. The van der Waals surface area contributed by atoms with E-state index in [-0.39, 0.29) is 29.4 Å². The van der Waals surface area contributed by atoms with Gasteiger partial charge in [-0.05, 0) is 44.0 Å². The van der Waals surface area contributed by atoms with Gasteiger partial charge in [-0.2, -0.15) is 13.2 Å². The van der Waals surface area contributed by atoms with Crippen molar-refractivity contribution in [3.05, 3.63) is 62.7 Å². The van der Waals surface area contributed by atoms with Crippen molar-refractivity contribution < 1.29 is 13.2 Å². The third-order valence-corrected chi connectivity index (χ3v) is 6.85. The first-order valence-electron chi connectivity index (χ1n) is 11.7. The summed E-state index contributed by atoms with van der Waals surface area (Å²) in [7, 11) is 0. The molecule has 4 aromatic rings. The van der Waals surface area contributed by atoms with Crippen molar-refractivity contribution in [3.63, 3.8) is 0 Å². The fourth-order valence-corrected chi connectivity index (χ4v) is 4.85. The number of aromatic amines is 1. The van der Waals surface area contributed by atoms with Gasteiger partial charge in [0.25, 0.3) is 5.56 Å². The van der Waals surface area contributed by atoms with Crippen molar-refractivity contribution in [3.8, 4) is 0 Å². The molecular weight excluding hydrogens is 495 g/mol. The molecule has 5 rings (SSSR count). The summed E-state index contributed by atoms with van der Waals surface area (Å²) in [5.74, 6) is 0.270. The molecule has 1 fully saturated rings. The van der Waals surface area contributed by atoms with Crippen LogP contribution in [0.2, 0.25) is 5.02 Å². The molecule has 1 aromatic carbocycles. The average molecular weight is 520 g/mol. The largest absolute Gasteiger partial charge is 0.433 e. The monoisotopic (exact) mass is 519 g/mol. The Morgan fingerprint density at radius 2 is 1.92 bits per heavy atom. The number of piperidine rings is 1. The SMILES string of the molecule is CCN1CCC(Nc2cc3nc(Cc4cn5cc(C)c(C(F)(F)F)nc5n4)[nH]c(=O)c3cc2Cl)CC1. The van der Waals surface area contributed by atoms with E-state index < -0.39 is 11.9 Å². The maximum absolute atomic E-state index is 13.2. The van der Waals surface area contributed by atoms with Gasteiger partial charge in [-0.15, -0.1) is 0 Å². The molecule has 2 N–H and O–H groups in total. The van der Waals surface area contributed by atoms with E-state index in [0.717, 1.165) is 38.2 Å². The molecular formula is C24H25ClF3N7O. The number of rotatable bonds is 5. The van der Waals surface area contributed by atoms with E-state index in [0.29, 0.717) is 27.4 Å².